The number of aromatic amines is 1. The summed E-state index contributed by atoms with van der Waals surface area (Å²) in [5.74, 6) is 0.701. The van der Waals surface area contributed by atoms with Crippen LogP contribution in [0.3, 0.4) is 0 Å². The maximum absolute atomic E-state index is 11.2. The zero-order valence-electron chi connectivity index (χ0n) is 13.2. The van der Waals surface area contributed by atoms with Gasteiger partial charge in [-0.25, -0.2) is 0 Å². The van der Waals surface area contributed by atoms with Crippen molar-refractivity contribution in [2.45, 2.75) is 25.0 Å². The fraction of sp³-hybridized carbons (Fsp3) is 0.278. The van der Waals surface area contributed by atoms with Crippen molar-refractivity contribution in [2.24, 2.45) is 0 Å². The van der Waals surface area contributed by atoms with Crippen molar-refractivity contribution in [3.8, 4) is 5.75 Å². The molecule has 3 aromatic rings. The average molecular weight is 310 g/mol. The molecule has 0 bridgehead atoms. The molecule has 1 aliphatic carbocycles. The SMILES string of the molecule is COc1ccc2[nH]c3c(c2c1)C(C)(O)c1cnccc1C3(C)O. The lowest BCUT2D eigenvalue weighted by atomic mass is 9.72. The number of ether oxygens (including phenoxy) is 1. The summed E-state index contributed by atoms with van der Waals surface area (Å²) >= 11 is 0. The first-order valence-electron chi connectivity index (χ1n) is 7.47. The van der Waals surface area contributed by atoms with Crippen molar-refractivity contribution in [3.05, 3.63) is 59.0 Å². The lowest BCUT2D eigenvalue weighted by molar-refractivity contribution is 0.0493. The number of hydrogen-bond acceptors (Lipinski definition) is 4. The first kappa shape index (κ1) is 14.2. The van der Waals surface area contributed by atoms with E-state index in [9.17, 15) is 10.2 Å². The van der Waals surface area contributed by atoms with Crippen molar-refractivity contribution in [3.63, 3.8) is 0 Å². The number of rotatable bonds is 1. The molecule has 5 nitrogen and oxygen atoms in total. The van der Waals surface area contributed by atoms with E-state index in [1.165, 1.54) is 0 Å². The number of nitrogens with one attached hydrogen (secondary N) is 1. The van der Waals surface area contributed by atoms with Crippen LogP contribution in [0.4, 0.5) is 0 Å². The molecule has 1 aromatic carbocycles. The summed E-state index contributed by atoms with van der Waals surface area (Å²) in [6, 6.07) is 7.36. The molecule has 0 saturated heterocycles. The highest BCUT2D eigenvalue weighted by atomic mass is 16.5. The van der Waals surface area contributed by atoms with Crippen molar-refractivity contribution in [2.75, 3.05) is 7.11 Å². The molecule has 0 radical (unpaired) electrons. The third-order valence-electron chi connectivity index (χ3n) is 4.85. The van der Waals surface area contributed by atoms with E-state index in [-0.39, 0.29) is 0 Å². The quantitative estimate of drug-likeness (QED) is 0.645. The minimum absolute atomic E-state index is 0.601. The van der Waals surface area contributed by atoms with Gasteiger partial charge in [-0.15, -0.1) is 0 Å². The van der Waals surface area contributed by atoms with Crippen molar-refractivity contribution < 1.29 is 14.9 Å². The summed E-state index contributed by atoms with van der Waals surface area (Å²) < 4.78 is 5.30. The molecule has 0 aliphatic heterocycles. The van der Waals surface area contributed by atoms with Crippen LogP contribution in [0.1, 0.15) is 36.2 Å². The van der Waals surface area contributed by atoms with E-state index in [0.29, 0.717) is 28.1 Å². The summed E-state index contributed by atoms with van der Waals surface area (Å²) in [5.41, 5.74) is 0.886. The van der Waals surface area contributed by atoms with E-state index < -0.39 is 11.2 Å². The molecule has 2 heterocycles. The number of aliphatic hydroxyl groups is 2. The van der Waals surface area contributed by atoms with Gasteiger partial charge in [-0.2, -0.15) is 0 Å². The van der Waals surface area contributed by atoms with Gasteiger partial charge in [0.05, 0.1) is 12.8 Å². The molecule has 2 unspecified atom stereocenters. The summed E-state index contributed by atoms with van der Waals surface area (Å²) in [7, 11) is 1.60. The molecule has 0 amide bonds. The second-order valence-corrected chi connectivity index (χ2v) is 6.35. The highest BCUT2D eigenvalue weighted by molar-refractivity contribution is 5.89. The van der Waals surface area contributed by atoms with Gasteiger partial charge >= 0.3 is 0 Å². The molecule has 2 aromatic heterocycles. The fourth-order valence-electron chi connectivity index (χ4n) is 3.64. The van der Waals surface area contributed by atoms with Gasteiger partial charge in [-0.3, -0.25) is 4.98 Å². The average Bonchev–Trinajstić information content (AvgIpc) is 2.94. The summed E-state index contributed by atoms with van der Waals surface area (Å²) in [5, 5.41) is 23.2. The maximum atomic E-state index is 11.2. The van der Waals surface area contributed by atoms with Crippen LogP contribution in [0.15, 0.2) is 36.7 Å². The Labute approximate surface area is 133 Å². The molecule has 0 spiro atoms. The van der Waals surface area contributed by atoms with Crippen LogP contribution in [0.2, 0.25) is 0 Å². The van der Waals surface area contributed by atoms with E-state index in [1.54, 1.807) is 39.4 Å². The Hall–Kier alpha value is -2.37. The molecule has 3 N–H and O–H groups in total. The number of pyridine rings is 1. The van der Waals surface area contributed by atoms with Gasteiger partial charge in [0.2, 0.25) is 0 Å². The Morgan fingerprint density at radius 3 is 2.61 bits per heavy atom. The zero-order valence-corrected chi connectivity index (χ0v) is 13.2. The van der Waals surface area contributed by atoms with Crippen LogP contribution < -0.4 is 4.74 Å². The molecule has 5 heteroatoms. The minimum atomic E-state index is -1.26. The summed E-state index contributed by atoms with van der Waals surface area (Å²) in [4.78, 5) is 7.39. The van der Waals surface area contributed by atoms with E-state index in [4.69, 9.17) is 4.74 Å². The number of methoxy groups -OCH3 is 1. The molecule has 0 saturated carbocycles. The van der Waals surface area contributed by atoms with Crippen LogP contribution in [-0.4, -0.2) is 27.3 Å². The molecule has 0 fully saturated rings. The van der Waals surface area contributed by atoms with Crippen LogP contribution in [-0.2, 0) is 11.2 Å². The second kappa shape index (κ2) is 4.34. The predicted octanol–water partition coefficient (Wildman–Crippen LogP) is 2.40. The number of hydrogen-bond donors (Lipinski definition) is 3. The first-order chi connectivity index (χ1) is 10.9. The standard InChI is InChI=1S/C18H18N2O3/c1-17(21)13-9-19-7-6-12(13)18(2,22)16-15(17)11-8-10(23-3)4-5-14(11)20-16/h4-9,20-22H,1-3H3. The summed E-state index contributed by atoms with van der Waals surface area (Å²) in [6.07, 6.45) is 3.24. The lowest BCUT2D eigenvalue weighted by Crippen LogP contribution is -2.39. The largest absolute Gasteiger partial charge is 0.497 e. The molecule has 4 rings (SSSR count). The third-order valence-corrected chi connectivity index (χ3v) is 4.85. The van der Waals surface area contributed by atoms with Crippen LogP contribution >= 0.6 is 0 Å². The molecule has 23 heavy (non-hydrogen) atoms. The lowest BCUT2D eigenvalue weighted by Gasteiger charge is -2.39. The van der Waals surface area contributed by atoms with Gasteiger partial charge in [0, 0.05) is 34.4 Å². The Bertz CT molecular complexity index is 925. The third kappa shape index (κ3) is 1.72. The van der Waals surface area contributed by atoms with Gasteiger partial charge in [-0.1, -0.05) is 0 Å². The molecular formula is C18H18N2O3. The van der Waals surface area contributed by atoms with E-state index in [2.05, 4.69) is 9.97 Å². The van der Waals surface area contributed by atoms with E-state index >= 15 is 0 Å². The summed E-state index contributed by atoms with van der Waals surface area (Å²) in [6.45, 7) is 3.46. The fourth-order valence-corrected chi connectivity index (χ4v) is 3.64. The number of fused-ring (bicyclic) bond motifs is 4. The van der Waals surface area contributed by atoms with Crippen LogP contribution in [0.25, 0.3) is 10.9 Å². The van der Waals surface area contributed by atoms with E-state index in [0.717, 1.165) is 10.9 Å². The van der Waals surface area contributed by atoms with Crippen LogP contribution in [0.5, 0.6) is 5.75 Å². The van der Waals surface area contributed by atoms with Gasteiger partial charge in [0.15, 0.2) is 0 Å². The zero-order chi connectivity index (χ0) is 16.4. The van der Waals surface area contributed by atoms with E-state index in [1.807, 2.05) is 18.2 Å². The van der Waals surface area contributed by atoms with Gasteiger partial charge in [0.1, 0.15) is 17.0 Å². The normalized spacial score (nSPS) is 26.0. The molecule has 118 valence electrons. The molecule has 2 atom stereocenters. The predicted molar refractivity (Wildman–Crippen MR) is 86.4 cm³/mol. The molecular weight excluding hydrogens is 292 g/mol. The Morgan fingerprint density at radius 1 is 1.09 bits per heavy atom. The monoisotopic (exact) mass is 310 g/mol. The minimum Gasteiger partial charge on any atom is -0.497 e. The second-order valence-electron chi connectivity index (χ2n) is 6.35. The first-order valence-corrected chi connectivity index (χ1v) is 7.47. The Morgan fingerprint density at radius 2 is 1.87 bits per heavy atom. The number of nitrogens with zero attached hydrogens (tertiary/aromatic N) is 1. The number of H-pyrrole nitrogens is 1. The topological polar surface area (TPSA) is 78.4 Å². The number of benzene rings is 1. The van der Waals surface area contributed by atoms with Crippen molar-refractivity contribution in [1.29, 1.82) is 0 Å². The van der Waals surface area contributed by atoms with Gasteiger partial charge < -0.3 is 19.9 Å². The Kier molecular flexibility index (Phi) is 2.69. The van der Waals surface area contributed by atoms with Gasteiger partial charge in [-0.05, 0) is 43.7 Å². The smallest absolute Gasteiger partial charge is 0.127 e. The maximum Gasteiger partial charge on any atom is 0.127 e. The van der Waals surface area contributed by atoms with Crippen LogP contribution in [0, 0.1) is 0 Å². The van der Waals surface area contributed by atoms with Crippen molar-refractivity contribution >= 4 is 10.9 Å². The highest BCUT2D eigenvalue weighted by Gasteiger charge is 2.47. The highest BCUT2D eigenvalue weighted by Crippen LogP contribution is 2.49. The van der Waals surface area contributed by atoms with Gasteiger partial charge in [0.25, 0.3) is 0 Å². The van der Waals surface area contributed by atoms with Crippen molar-refractivity contribution in [1.82, 2.24) is 9.97 Å². The number of aromatic nitrogens is 2. The Balaban J connectivity index is 2.14. The molecule has 1 aliphatic rings.